The van der Waals surface area contributed by atoms with Gasteiger partial charge >= 0.3 is 12.1 Å². The molecule has 2 unspecified atom stereocenters. The summed E-state index contributed by atoms with van der Waals surface area (Å²) in [5.74, 6) is -0.841. The van der Waals surface area contributed by atoms with Crippen LogP contribution in [0.5, 0.6) is 0 Å². The smallest absolute Gasteiger partial charge is 0.314 e. The summed E-state index contributed by atoms with van der Waals surface area (Å²) in [5, 5.41) is 17.3. The van der Waals surface area contributed by atoms with Crippen LogP contribution in [-0.4, -0.2) is 29.7 Å². The number of carbonyl (C=O) groups excluding carboxylic acids is 3. The van der Waals surface area contributed by atoms with E-state index in [-0.39, 0.29) is 0 Å². The summed E-state index contributed by atoms with van der Waals surface area (Å²) in [7, 11) is 0. The molecule has 8 heteroatoms. The van der Waals surface area contributed by atoms with Crippen LogP contribution >= 0.6 is 0 Å². The fourth-order valence-electron chi connectivity index (χ4n) is 1.37. The summed E-state index contributed by atoms with van der Waals surface area (Å²) >= 11 is 0. The largest absolute Gasteiger partial charge is 0.323 e. The second-order valence-electron chi connectivity index (χ2n) is 2.88. The van der Waals surface area contributed by atoms with Gasteiger partial charge in [0.05, 0.1) is 0 Å². The van der Waals surface area contributed by atoms with E-state index in [1.165, 1.54) is 0 Å². The van der Waals surface area contributed by atoms with Gasteiger partial charge in [-0.3, -0.25) is 10.1 Å². The lowest BCUT2D eigenvalue weighted by molar-refractivity contribution is -0.125. The Labute approximate surface area is 77.6 Å². The van der Waals surface area contributed by atoms with Gasteiger partial charge in [0.25, 0.3) is 5.91 Å². The molecule has 8 nitrogen and oxygen atoms in total. The minimum absolute atomic E-state index is 0.672. The van der Waals surface area contributed by atoms with Gasteiger partial charge in [0.1, 0.15) is 6.07 Å². The quantitative estimate of drug-likeness (QED) is 0.348. The summed E-state index contributed by atoms with van der Waals surface area (Å²) in [4.78, 5) is 33.1. The second-order valence-corrected chi connectivity index (χ2v) is 2.88. The minimum Gasteiger partial charge on any atom is -0.314 e. The van der Waals surface area contributed by atoms with E-state index in [9.17, 15) is 14.4 Å². The van der Waals surface area contributed by atoms with Crippen LogP contribution in [-0.2, 0) is 4.79 Å². The van der Waals surface area contributed by atoms with Crippen molar-refractivity contribution in [2.24, 2.45) is 0 Å². The Bertz CT molecular complexity index is 385. The number of rotatable bonds is 0. The van der Waals surface area contributed by atoms with Crippen molar-refractivity contribution in [1.82, 2.24) is 21.3 Å². The SMILES string of the molecule is N#CC12NC(=O)NC1NC(=O)NC2=O. The first-order valence-corrected chi connectivity index (χ1v) is 3.70. The number of hydrogen-bond acceptors (Lipinski definition) is 4. The zero-order valence-corrected chi connectivity index (χ0v) is 6.75. The monoisotopic (exact) mass is 195 g/mol. The first-order chi connectivity index (χ1) is 6.58. The first-order valence-electron chi connectivity index (χ1n) is 3.70. The fraction of sp³-hybridized carbons (Fsp3) is 0.333. The Morgan fingerprint density at radius 3 is 2.50 bits per heavy atom. The van der Waals surface area contributed by atoms with Gasteiger partial charge in [0.15, 0.2) is 6.17 Å². The van der Waals surface area contributed by atoms with E-state index in [0.29, 0.717) is 0 Å². The third kappa shape index (κ3) is 0.832. The van der Waals surface area contributed by atoms with Gasteiger partial charge in [-0.05, 0) is 0 Å². The third-order valence-electron chi connectivity index (χ3n) is 2.06. The molecule has 2 aliphatic heterocycles. The Hall–Kier alpha value is -2.30. The van der Waals surface area contributed by atoms with Gasteiger partial charge in [-0.1, -0.05) is 0 Å². The van der Waals surface area contributed by atoms with Crippen molar-refractivity contribution in [3.05, 3.63) is 0 Å². The van der Waals surface area contributed by atoms with Crippen molar-refractivity contribution < 1.29 is 14.4 Å². The summed E-state index contributed by atoms with van der Waals surface area (Å²) < 4.78 is 0. The molecular formula is C6H5N5O3. The highest BCUT2D eigenvalue weighted by atomic mass is 16.2. The highest BCUT2D eigenvalue weighted by Crippen LogP contribution is 2.16. The number of nitriles is 1. The number of carbonyl (C=O) groups is 3. The molecule has 4 N–H and O–H groups in total. The number of hydrogen-bond donors (Lipinski definition) is 4. The lowest BCUT2D eigenvalue weighted by atomic mass is 9.96. The molecule has 2 atom stereocenters. The van der Waals surface area contributed by atoms with Crippen LogP contribution in [0.25, 0.3) is 0 Å². The molecule has 5 amide bonds. The van der Waals surface area contributed by atoms with E-state index in [0.717, 1.165) is 0 Å². The van der Waals surface area contributed by atoms with Crippen LogP contribution in [0.4, 0.5) is 9.59 Å². The van der Waals surface area contributed by atoms with E-state index in [1.807, 2.05) is 5.32 Å². The van der Waals surface area contributed by atoms with E-state index in [1.54, 1.807) is 6.07 Å². The molecule has 14 heavy (non-hydrogen) atoms. The maximum absolute atomic E-state index is 11.3. The van der Waals surface area contributed by atoms with Gasteiger partial charge in [0.2, 0.25) is 5.54 Å². The average Bonchev–Trinajstić information content (AvgIpc) is 2.42. The lowest BCUT2D eigenvalue weighted by Gasteiger charge is -2.30. The molecule has 0 aliphatic carbocycles. The number of fused-ring (bicyclic) bond motifs is 1. The Balaban J connectivity index is 2.42. The zero-order valence-electron chi connectivity index (χ0n) is 6.75. The Kier molecular flexibility index (Phi) is 1.39. The Morgan fingerprint density at radius 1 is 1.21 bits per heavy atom. The maximum atomic E-state index is 11.3. The minimum atomic E-state index is -1.75. The van der Waals surface area contributed by atoms with Gasteiger partial charge < -0.3 is 16.0 Å². The molecule has 0 aromatic heterocycles. The number of amides is 5. The summed E-state index contributed by atoms with van der Waals surface area (Å²) in [6, 6.07) is 0.246. The van der Waals surface area contributed by atoms with Crippen molar-refractivity contribution in [3.63, 3.8) is 0 Å². The molecular weight excluding hydrogens is 190 g/mol. The average molecular weight is 195 g/mol. The van der Waals surface area contributed by atoms with Gasteiger partial charge in [0, 0.05) is 0 Å². The van der Waals surface area contributed by atoms with Crippen LogP contribution < -0.4 is 21.3 Å². The van der Waals surface area contributed by atoms with E-state index < -0.39 is 29.7 Å². The van der Waals surface area contributed by atoms with Gasteiger partial charge in [-0.25, -0.2) is 9.59 Å². The highest BCUT2D eigenvalue weighted by Gasteiger charge is 2.57. The van der Waals surface area contributed by atoms with Crippen LogP contribution in [0.2, 0.25) is 0 Å². The molecule has 0 bridgehead atoms. The number of urea groups is 2. The standard InChI is InChI=1S/C6H5N5O3/c7-1-6-2(9-5(14)11-6)8-4(13)10-3(6)12/h2H,(H2,9,11,14)(H2,8,10,12,13). The van der Waals surface area contributed by atoms with Crippen LogP contribution in [0.15, 0.2) is 0 Å². The van der Waals surface area contributed by atoms with E-state index >= 15 is 0 Å². The molecule has 72 valence electrons. The summed E-state index contributed by atoms with van der Waals surface area (Å²) in [5.41, 5.74) is -1.75. The zero-order chi connectivity index (χ0) is 10.3. The second kappa shape index (κ2) is 2.35. The lowest BCUT2D eigenvalue weighted by Crippen LogP contribution is -2.71. The van der Waals surface area contributed by atoms with Crippen LogP contribution in [0.1, 0.15) is 0 Å². The van der Waals surface area contributed by atoms with Crippen molar-refractivity contribution in [1.29, 1.82) is 5.26 Å². The molecule has 0 aromatic carbocycles. The predicted molar refractivity (Wildman–Crippen MR) is 40.5 cm³/mol. The fourth-order valence-corrected chi connectivity index (χ4v) is 1.37. The van der Waals surface area contributed by atoms with E-state index in [4.69, 9.17) is 5.26 Å². The van der Waals surface area contributed by atoms with Crippen LogP contribution in [0, 0.1) is 11.3 Å². The van der Waals surface area contributed by atoms with Crippen LogP contribution in [0.3, 0.4) is 0 Å². The molecule has 0 radical (unpaired) electrons. The number of imide groups is 1. The molecule has 0 aromatic rings. The number of nitrogens with zero attached hydrogens (tertiary/aromatic N) is 1. The summed E-state index contributed by atoms with van der Waals surface area (Å²) in [6.07, 6.45) is -1.03. The van der Waals surface area contributed by atoms with E-state index in [2.05, 4.69) is 16.0 Å². The van der Waals surface area contributed by atoms with Gasteiger partial charge in [-0.2, -0.15) is 5.26 Å². The number of nitrogens with one attached hydrogen (secondary N) is 4. The normalized spacial score (nSPS) is 34.5. The molecule has 2 rings (SSSR count). The van der Waals surface area contributed by atoms with Crippen molar-refractivity contribution in [2.75, 3.05) is 0 Å². The van der Waals surface area contributed by atoms with Crippen molar-refractivity contribution in [2.45, 2.75) is 11.7 Å². The highest BCUT2D eigenvalue weighted by molar-refractivity contribution is 6.08. The molecule has 0 saturated carbocycles. The third-order valence-corrected chi connectivity index (χ3v) is 2.06. The molecule has 0 spiro atoms. The van der Waals surface area contributed by atoms with Crippen molar-refractivity contribution in [3.8, 4) is 6.07 Å². The summed E-state index contributed by atoms with van der Waals surface area (Å²) in [6.45, 7) is 0. The topological polar surface area (TPSA) is 123 Å². The predicted octanol–water partition coefficient (Wildman–Crippen LogP) is -2.27. The maximum Gasteiger partial charge on any atom is 0.323 e. The Morgan fingerprint density at radius 2 is 1.86 bits per heavy atom. The molecule has 2 fully saturated rings. The van der Waals surface area contributed by atoms with Crippen molar-refractivity contribution >= 4 is 18.0 Å². The first kappa shape index (κ1) is 8.31. The molecule has 2 saturated heterocycles. The molecule has 2 heterocycles. The molecule has 2 aliphatic rings. The van der Waals surface area contributed by atoms with Gasteiger partial charge in [-0.15, -0.1) is 0 Å².